The van der Waals surface area contributed by atoms with Crippen LogP contribution in [0.5, 0.6) is 0 Å². The molecule has 0 atom stereocenters. The molecule has 1 aromatic heterocycles. The van der Waals surface area contributed by atoms with Crippen molar-refractivity contribution >= 4 is 16.5 Å². The van der Waals surface area contributed by atoms with Crippen molar-refractivity contribution in [3.8, 4) is 0 Å². The van der Waals surface area contributed by atoms with E-state index in [1.165, 1.54) is 18.4 Å². The highest BCUT2D eigenvalue weighted by molar-refractivity contribution is 7.15. The van der Waals surface area contributed by atoms with E-state index in [9.17, 15) is 4.91 Å². The SMILES string of the molecule is CN(CCc1nnc(N)s1)[N+](=O)O. The number of anilines is 1. The maximum absolute atomic E-state index is 10.3. The number of hydrogen-bond acceptors (Lipinski definition) is 5. The molecule has 0 spiro atoms. The molecule has 0 amide bonds. The quantitative estimate of drug-likeness (QED) is 0.652. The first kappa shape index (κ1) is 9.65. The zero-order chi connectivity index (χ0) is 9.84. The molecular weight excluding hydrogens is 194 g/mol. The lowest BCUT2D eigenvalue weighted by Gasteiger charge is -2.00. The number of aromatic nitrogens is 2. The van der Waals surface area contributed by atoms with E-state index in [1.807, 2.05) is 0 Å². The van der Waals surface area contributed by atoms with Gasteiger partial charge in [0.1, 0.15) is 9.91 Å². The van der Waals surface area contributed by atoms with Gasteiger partial charge in [0, 0.05) is 6.42 Å². The van der Waals surface area contributed by atoms with Crippen molar-refractivity contribution in [2.75, 3.05) is 19.3 Å². The molecule has 0 fully saturated rings. The minimum absolute atomic E-state index is 0.218. The number of likely N-dealkylation sites (N-methyl/N-ethyl adjacent to an activating group) is 1. The Kier molecular flexibility index (Phi) is 2.96. The van der Waals surface area contributed by atoms with Gasteiger partial charge in [0.25, 0.3) is 0 Å². The average Bonchev–Trinajstić information content (AvgIpc) is 2.47. The molecule has 0 aromatic carbocycles. The van der Waals surface area contributed by atoms with Crippen molar-refractivity contribution in [3.05, 3.63) is 9.91 Å². The van der Waals surface area contributed by atoms with Gasteiger partial charge >= 0.3 is 5.03 Å². The Balaban J connectivity index is 2.39. The fraction of sp³-hybridized carbons (Fsp3) is 0.600. The summed E-state index contributed by atoms with van der Waals surface area (Å²) < 4.78 is 0. The molecule has 0 aliphatic carbocycles. The summed E-state index contributed by atoms with van der Waals surface area (Å²) in [6, 6.07) is 0. The molecule has 1 rings (SSSR count). The van der Waals surface area contributed by atoms with Crippen molar-refractivity contribution < 1.29 is 10.2 Å². The van der Waals surface area contributed by atoms with Crippen LogP contribution in [0.15, 0.2) is 0 Å². The summed E-state index contributed by atoms with van der Waals surface area (Å²) in [5.74, 6) is 0. The van der Waals surface area contributed by atoms with Gasteiger partial charge in [-0.25, -0.2) is 5.21 Å². The monoisotopic (exact) mass is 204 g/mol. The molecule has 1 aromatic rings. The highest BCUT2D eigenvalue weighted by Gasteiger charge is 2.13. The summed E-state index contributed by atoms with van der Waals surface area (Å²) in [5.41, 5.74) is 5.35. The van der Waals surface area contributed by atoms with Crippen LogP contribution in [0.2, 0.25) is 0 Å². The Morgan fingerprint density at radius 1 is 1.69 bits per heavy atom. The molecule has 0 radical (unpaired) electrons. The van der Waals surface area contributed by atoms with Gasteiger partial charge in [-0.2, -0.15) is 0 Å². The second-order valence-corrected chi connectivity index (χ2v) is 3.51. The van der Waals surface area contributed by atoms with E-state index in [0.29, 0.717) is 18.1 Å². The summed E-state index contributed by atoms with van der Waals surface area (Å²) in [6.45, 7) is 0.370. The van der Waals surface area contributed by atoms with Crippen LogP contribution >= 0.6 is 11.3 Å². The molecule has 0 saturated carbocycles. The van der Waals surface area contributed by atoms with Crippen LogP contribution in [0.3, 0.4) is 0 Å². The molecule has 7 nitrogen and oxygen atoms in total. The zero-order valence-electron chi connectivity index (χ0n) is 7.04. The maximum Gasteiger partial charge on any atom is 0.356 e. The Morgan fingerprint density at radius 2 is 2.38 bits per heavy atom. The second-order valence-electron chi connectivity index (χ2n) is 2.42. The molecule has 0 unspecified atom stereocenters. The van der Waals surface area contributed by atoms with Crippen molar-refractivity contribution in [3.63, 3.8) is 0 Å². The van der Waals surface area contributed by atoms with E-state index in [1.54, 1.807) is 0 Å². The molecule has 3 N–H and O–H groups in total. The Hall–Kier alpha value is -1.44. The van der Waals surface area contributed by atoms with Gasteiger partial charge in [0.15, 0.2) is 0 Å². The number of nitrogens with zero attached hydrogens (tertiary/aromatic N) is 4. The van der Waals surface area contributed by atoms with E-state index in [2.05, 4.69) is 10.2 Å². The van der Waals surface area contributed by atoms with Crippen LogP contribution in [0.4, 0.5) is 5.13 Å². The topological polar surface area (TPSA) is 95.4 Å². The zero-order valence-corrected chi connectivity index (χ0v) is 7.86. The smallest absolute Gasteiger partial charge is 0.356 e. The maximum atomic E-state index is 10.3. The largest absolute Gasteiger partial charge is 0.374 e. The van der Waals surface area contributed by atoms with Gasteiger partial charge in [-0.1, -0.05) is 16.3 Å². The lowest BCUT2D eigenvalue weighted by atomic mass is 10.4. The molecule has 72 valence electrons. The van der Waals surface area contributed by atoms with Crippen LogP contribution in [-0.4, -0.2) is 39.0 Å². The first-order valence-corrected chi connectivity index (χ1v) is 4.36. The second kappa shape index (κ2) is 3.99. The van der Waals surface area contributed by atoms with E-state index in [0.717, 1.165) is 10.0 Å². The van der Waals surface area contributed by atoms with E-state index < -0.39 is 0 Å². The van der Waals surface area contributed by atoms with Crippen molar-refractivity contribution in [2.24, 2.45) is 0 Å². The van der Waals surface area contributed by atoms with Crippen molar-refractivity contribution in [1.29, 1.82) is 0 Å². The molecular formula is C5H10N5O2S+. The summed E-state index contributed by atoms with van der Waals surface area (Å²) in [5, 5.41) is 17.9. The molecule has 13 heavy (non-hydrogen) atoms. The first-order valence-electron chi connectivity index (χ1n) is 3.54. The molecule has 1 heterocycles. The fourth-order valence-electron chi connectivity index (χ4n) is 0.711. The number of nitrogens with two attached hydrogens (primary N) is 1. The highest BCUT2D eigenvalue weighted by atomic mass is 32.1. The summed E-state index contributed by atoms with van der Waals surface area (Å²) in [4.78, 5) is 10.3. The molecule has 0 saturated heterocycles. The van der Waals surface area contributed by atoms with E-state index in [-0.39, 0.29) is 5.03 Å². The lowest BCUT2D eigenvalue weighted by molar-refractivity contribution is -0.899. The van der Waals surface area contributed by atoms with E-state index >= 15 is 0 Å². The number of nitrogen functional groups attached to an aromatic ring is 1. The fourth-order valence-corrected chi connectivity index (χ4v) is 1.31. The van der Waals surface area contributed by atoms with Gasteiger partial charge in [-0.3, -0.25) is 0 Å². The van der Waals surface area contributed by atoms with Gasteiger partial charge in [-0.05, 0) is 0 Å². The summed E-state index contributed by atoms with van der Waals surface area (Å²) >= 11 is 1.27. The number of hydrogen-bond donors (Lipinski definition) is 2. The van der Waals surface area contributed by atoms with Crippen LogP contribution in [0.1, 0.15) is 5.01 Å². The minimum Gasteiger partial charge on any atom is -0.374 e. The van der Waals surface area contributed by atoms with Crippen molar-refractivity contribution in [1.82, 2.24) is 15.2 Å². The van der Waals surface area contributed by atoms with Crippen LogP contribution < -0.4 is 5.73 Å². The van der Waals surface area contributed by atoms with Crippen molar-refractivity contribution in [2.45, 2.75) is 6.42 Å². The average molecular weight is 204 g/mol. The lowest BCUT2D eigenvalue weighted by Crippen LogP contribution is -2.28. The Morgan fingerprint density at radius 3 is 2.85 bits per heavy atom. The van der Waals surface area contributed by atoms with E-state index in [4.69, 9.17) is 10.9 Å². The predicted molar refractivity (Wildman–Crippen MR) is 46.1 cm³/mol. The van der Waals surface area contributed by atoms with Gasteiger partial charge in [0.05, 0.1) is 13.6 Å². The van der Waals surface area contributed by atoms with Gasteiger partial charge in [-0.15, -0.1) is 10.2 Å². The Bertz CT molecular complexity index is 301. The summed E-state index contributed by atoms with van der Waals surface area (Å²) in [7, 11) is 1.47. The highest BCUT2D eigenvalue weighted by Crippen LogP contribution is 2.11. The Labute approximate surface area is 78.3 Å². The third-order valence-electron chi connectivity index (χ3n) is 1.42. The van der Waals surface area contributed by atoms with Crippen LogP contribution in [0.25, 0.3) is 0 Å². The molecule has 8 heteroatoms. The normalized spacial score (nSPS) is 9.92. The molecule has 0 aliphatic heterocycles. The summed E-state index contributed by atoms with van der Waals surface area (Å²) in [6.07, 6.45) is 0.532. The van der Waals surface area contributed by atoms with Gasteiger partial charge < -0.3 is 5.73 Å². The van der Waals surface area contributed by atoms with Crippen LogP contribution in [0, 0.1) is 4.91 Å². The third kappa shape index (κ3) is 2.82. The van der Waals surface area contributed by atoms with Crippen LogP contribution in [-0.2, 0) is 6.42 Å². The third-order valence-corrected chi connectivity index (χ3v) is 2.24. The number of hydrazine groups is 1. The number of rotatable bonds is 4. The minimum atomic E-state index is -0.218. The van der Waals surface area contributed by atoms with Gasteiger partial charge in [0.2, 0.25) is 5.13 Å². The first-order chi connectivity index (χ1) is 6.09. The standard InChI is InChI=1S/C5H10N5O2S/c1-9(10(11)12)3-2-4-7-8-5(6)13-4/h2-3H2,1H3,(H2,6,8)(H,11,12)/q+1. The molecule has 0 aliphatic rings. The molecule has 0 bridgehead atoms. The predicted octanol–water partition coefficient (Wildman–Crippen LogP) is -0.322.